The van der Waals surface area contributed by atoms with Gasteiger partial charge in [0.05, 0.1) is 17.8 Å². The van der Waals surface area contributed by atoms with Gasteiger partial charge in [0, 0.05) is 0 Å². The van der Waals surface area contributed by atoms with Gasteiger partial charge >= 0.3 is 6.03 Å². The summed E-state index contributed by atoms with van der Waals surface area (Å²) in [6.45, 7) is 6.81. The van der Waals surface area contributed by atoms with Crippen LogP contribution in [-0.2, 0) is 0 Å². The summed E-state index contributed by atoms with van der Waals surface area (Å²) in [6, 6.07) is 12.6. The van der Waals surface area contributed by atoms with Crippen LogP contribution in [0.25, 0.3) is 0 Å². The number of urea groups is 1. The largest absolute Gasteiger partial charge is 0.491 e. The molecule has 2 N–H and O–H groups in total. The van der Waals surface area contributed by atoms with Crippen molar-refractivity contribution in [3.05, 3.63) is 58.7 Å². The molecule has 0 unspecified atom stereocenters. The number of aryl methyl sites for hydroxylation is 2. The van der Waals surface area contributed by atoms with Gasteiger partial charge in [0.25, 0.3) is 0 Å². The molecule has 2 aromatic carbocycles. The molecular formula is C19H21N3O2. The Morgan fingerprint density at radius 3 is 2.58 bits per heavy atom. The molecule has 0 aliphatic carbocycles. The predicted octanol–water partition coefficient (Wildman–Crippen LogP) is 3.68. The molecule has 0 aliphatic heterocycles. The Morgan fingerprint density at radius 2 is 1.83 bits per heavy atom. The maximum absolute atomic E-state index is 11.9. The van der Waals surface area contributed by atoms with E-state index >= 15 is 0 Å². The van der Waals surface area contributed by atoms with Crippen LogP contribution in [0, 0.1) is 32.1 Å². The number of carbonyl (C=O) groups excluding carboxylic acids is 1. The Kier molecular flexibility index (Phi) is 5.80. The lowest BCUT2D eigenvalue weighted by Crippen LogP contribution is -2.32. The highest BCUT2D eigenvalue weighted by atomic mass is 16.5. The van der Waals surface area contributed by atoms with Gasteiger partial charge in [-0.3, -0.25) is 0 Å². The number of anilines is 1. The molecule has 0 spiro atoms. The summed E-state index contributed by atoms with van der Waals surface area (Å²) in [7, 11) is 0. The average Bonchev–Trinajstić information content (AvgIpc) is 2.58. The van der Waals surface area contributed by atoms with Crippen LogP contribution in [-0.4, -0.2) is 19.2 Å². The third kappa shape index (κ3) is 4.26. The monoisotopic (exact) mass is 323 g/mol. The predicted molar refractivity (Wildman–Crippen MR) is 94.3 cm³/mol. The van der Waals surface area contributed by atoms with Gasteiger partial charge in [0.1, 0.15) is 18.4 Å². The standard InChI is InChI=1S/C19H21N3O2/c1-13-8-9-14(2)18(15(13)3)24-11-10-21-19(23)22-17-7-5-4-6-16(17)12-20/h4-9H,10-11H2,1-3H3,(H2,21,22,23). The average molecular weight is 323 g/mol. The van der Waals surface area contributed by atoms with Crippen LogP contribution in [0.15, 0.2) is 36.4 Å². The number of hydrogen-bond donors (Lipinski definition) is 2. The summed E-state index contributed by atoms with van der Waals surface area (Å²) in [5.41, 5.74) is 4.28. The molecule has 124 valence electrons. The zero-order valence-corrected chi connectivity index (χ0v) is 14.1. The van der Waals surface area contributed by atoms with Crippen LogP contribution >= 0.6 is 0 Å². The van der Waals surface area contributed by atoms with E-state index in [4.69, 9.17) is 10.00 Å². The summed E-state index contributed by atoms with van der Waals surface area (Å²) in [4.78, 5) is 11.9. The van der Waals surface area contributed by atoms with Crippen molar-refractivity contribution in [2.75, 3.05) is 18.5 Å². The first-order valence-electron chi connectivity index (χ1n) is 7.76. The third-order valence-electron chi connectivity index (χ3n) is 3.80. The number of amides is 2. The summed E-state index contributed by atoms with van der Waals surface area (Å²) in [6.07, 6.45) is 0. The topological polar surface area (TPSA) is 74.2 Å². The van der Waals surface area contributed by atoms with Crippen molar-refractivity contribution in [1.82, 2.24) is 5.32 Å². The second-order valence-electron chi connectivity index (χ2n) is 5.54. The number of para-hydroxylation sites is 1. The van der Waals surface area contributed by atoms with Crippen molar-refractivity contribution in [3.8, 4) is 11.8 Å². The van der Waals surface area contributed by atoms with E-state index in [1.807, 2.05) is 32.9 Å². The first-order chi connectivity index (χ1) is 11.5. The lowest BCUT2D eigenvalue weighted by Gasteiger charge is -2.14. The van der Waals surface area contributed by atoms with Crippen molar-refractivity contribution in [1.29, 1.82) is 5.26 Å². The lowest BCUT2D eigenvalue weighted by molar-refractivity contribution is 0.247. The Balaban J connectivity index is 1.84. The second kappa shape index (κ2) is 8.02. The van der Waals surface area contributed by atoms with E-state index in [2.05, 4.69) is 16.7 Å². The molecule has 0 bridgehead atoms. The quantitative estimate of drug-likeness (QED) is 0.824. The minimum absolute atomic E-state index is 0.362. The van der Waals surface area contributed by atoms with E-state index in [-0.39, 0.29) is 6.03 Å². The number of ether oxygens (including phenoxy) is 1. The van der Waals surface area contributed by atoms with Gasteiger partial charge in [-0.25, -0.2) is 4.79 Å². The smallest absolute Gasteiger partial charge is 0.319 e. The lowest BCUT2D eigenvalue weighted by atomic mass is 10.1. The normalized spacial score (nSPS) is 9.92. The molecule has 0 atom stereocenters. The molecule has 0 saturated heterocycles. The van der Waals surface area contributed by atoms with Gasteiger partial charge < -0.3 is 15.4 Å². The van der Waals surface area contributed by atoms with Gasteiger partial charge in [-0.1, -0.05) is 24.3 Å². The summed E-state index contributed by atoms with van der Waals surface area (Å²) in [5, 5.41) is 14.4. The summed E-state index contributed by atoms with van der Waals surface area (Å²) >= 11 is 0. The van der Waals surface area contributed by atoms with Crippen molar-refractivity contribution >= 4 is 11.7 Å². The van der Waals surface area contributed by atoms with Crippen LogP contribution in [0.2, 0.25) is 0 Å². The van der Waals surface area contributed by atoms with E-state index in [0.29, 0.717) is 24.4 Å². The van der Waals surface area contributed by atoms with E-state index in [9.17, 15) is 4.79 Å². The minimum atomic E-state index is -0.362. The molecule has 0 heterocycles. The number of rotatable bonds is 5. The Hall–Kier alpha value is -3.00. The first-order valence-corrected chi connectivity index (χ1v) is 7.76. The van der Waals surface area contributed by atoms with E-state index in [0.717, 1.165) is 16.9 Å². The van der Waals surface area contributed by atoms with Gasteiger partial charge in [0.15, 0.2) is 0 Å². The number of nitrogens with zero attached hydrogens (tertiary/aromatic N) is 1. The van der Waals surface area contributed by atoms with Gasteiger partial charge in [-0.2, -0.15) is 5.26 Å². The molecule has 24 heavy (non-hydrogen) atoms. The van der Waals surface area contributed by atoms with Crippen molar-refractivity contribution in [2.45, 2.75) is 20.8 Å². The highest BCUT2D eigenvalue weighted by Gasteiger charge is 2.08. The molecule has 2 amide bonds. The SMILES string of the molecule is Cc1ccc(C)c(OCCNC(=O)Nc2ccccc2C#N)c1C. The van der Waals surface area contributed by atoms with Crippen LogP contribution < -0.4 is 15.4 Å². The van der Waals surface area contributed by atoms with Crippen LogP contribution in [0.4, 0.5) is 10.5 Å². The fraction of sp³-hybridized carbons (Fsp3) is 0.263. The molecule has 0 aromatic heterocycles. The maximum atomic E-state index is 11.9. The minimum Gasteiger partial charge on any atom is -0.491 e. The van der Waals surface area contributed by atoms with Crippen LogP contribution in [0.1, 0.15) is 22.3 Å². The van der Waals surface area contributed by atoms with Gasteiger partial charge in [-0.05, 0) is 49.6 Å². The molecule has 0 fully saturated rings. The molecular weight excluding hydrogens is 302 g/mol. The molecule has 0 radical (unpaired) electrons. The van der Waals surface area contributed by atoms with Crippen molar-refractivity contribution < 1.29 is 9.53 Å². The van der Waals surface area contributed by atoms with Crippen LogP contribution in [0.5, 0.6) is 5.75 Å². The number of carbonyl (C=O) groups is 1. The molecule has 5 heteroatoms. The Labute approximate surface area is 142 Å². The number of nitrogens with one attached hydrogen (secondary N) is 2. The summed E-state index contributed by atoms with van der Waals surface area (Å²) in [5.74, 6) is 0.868. The maximum Gasteiger partial charge on any atom is 0.319 e. The molecule has 5 nitrogen and oxygen atoms in total. The highest BCUT2D eigenvalue weighted by molar-refractivity contribution is 5.90. The second-order valence-corrected chi connectivity index (χ2v) is 5.54. The van der Waals surface area contributed by atoms with Crippen molar-refractivity contribution in [2.24, 2.45) is 0 Å². The van der Waals surface area contributed by atoms with E-state index in [1.54, 1.807) is 24.3 Å². The molecule has 2 aromatic rings. The number of nitriles is 1. The number of hydrogen-bond acceptors (Lipinski definition) is 3. The third-order valence-corrected chi connectivity index (χ3v) is 3.80. The Bertz CT molecular complexity index is 779. The van der Waals surface area contributed by atoms with E-state index < -0.39 is 0 Å². The molecule has 2 rings (SSSR count). The Morgan fingerprint density at radius 1 is 1.12 bits per heavy atom. The van der Waals surface area contributed by atoms with Gasteiger partial charge in [-0.15, -0.1) is 0 Å². The van der Waals surface area contributed by atoms with Crippen LogP contribution in [0.3, 0.4) is 0 Å². The van der Waals surface area contributed by atoms with E-state index in [1.165, 1.54) is 5.56 Å². The molecule has 0 aliphatic rings. The fourth-order valence-corrected chi connectivity index (χ4v) is 2.32. The summed E-state index contributed by atoms with van der Waals surface area (Å²) < 4.78 is 5.80. The highest BCUT2D eigenvalue weighted by Crippen LogP contribution is 2.25. The fourth-order valence-electron chi connectivity index (χ4n) is 2.32. The van der Waals surface area contributed by atoms with Crippen molar-refractivity contribution in [3.63, 3.8) is 0 Å². The van der Waals surface area contributed by atoms with Gasteiger partial charge in [0.2, 0.25) is 0 Å². The number of benzene rings is 2. The zero-order chi connectivity index (χ0) is 17.5. The first kappa shape index (κ1) is 17.4. The molecule has 0 saturated carbocycles. The zero-order valence-electron chi connectivity index (χ0n) is 14.1.